The van der Waals surface area contributed by atoms with Crippen LogP contribution in [-0.2, 0) is 0 Å². The molecule has 14 heavy (non-hydrogen) atoms. The van der Waals surface area contributed by atoms with Crippen LogP contribution in [0.1, 0.15) is 46.5 Å². The summed E-state index contributed by atoms with van der Waals surface area (Å²) in [7, 11) is 0. The van der Waals surface area contributed by atoms with Gasteiger partial charge in [0.1, 0.15) is 5.54 Å². The lowest BCUT2D eigenvalue weighted by atomic mass is 9.99. The van der Waals surface area contributed by atoms with Gasteiger partial charge in [0.05, 0.1) is 6.07 Å². The highest BCUT2D eigenvalue weighted by Crippen LogP contribution is 2.17. The summed E-state index contributed by atoms with van der Waals surface area (Å²) in [5, 5.41) is 9.46. The second-order valence-corrected chi connectivity index (χ2v) is 5.62. The predicted molar refractivity (Wildman–Crippen MR) is 64.3 cm³/mol. The van der Waals surface area contributed by atoms with Crippen molar-refractivity contribution >= 4 is 11.8 Å². The molecule has 0 fully saturated rings. The molecule has 0 bridgehead atoms. The largest absolute Gasteiger partial charge is 0.314 e. The number of nitrogens with zero attached hydrogens (tertiary/aromatic N) is 1. The van der Waals surface area contributed by atoms with Crippen molar-refractivity contribution in [2.45, 2.75) is 57.2 Å². The molecule has 0 saturated carbocycles. The Bertz CT molecular complexity index is 184. The molecule has 0 saturated heterocycles. The Kier molecular flexibility index (Phi) is 7.04. The Balaban J connectivity index is 3.35. The van der Waals surface area contributed by atoms with E-state index in [4.69, 9.17) is 11.0 Å². The summed E-state index contributed by atoms with van der Waals surface area (Å²) < 4.78 is 0. The van der Waals surface area contributed by atoms with Crippen molar-refractivity contribution in [3.8, 4) is 6.07 Å². The average Bonchev–Trinajstić information content (AvgIpc) is 2.17. The number of hydrogen-bond acceptors (Lipinski definition) is 3. The maximum atomic E-state index is 8.70. The van der Waals surface area contributed by atoms with Crippen LogP contribution in [0.2, 0.25) is 0 Å². The van der Waals surface area contributed by atoms with Crippen molar-refractivity contribution in [2.24, 2.45) is 5.73 Å². The topological polar surface area (TPSA) is 49.8 Å². The molecule has 0 aliphatic rings. The van der Waals surface area contributed by atoms with E-state index >= 15 is 0 Å². The van der Waals surface area contributed by atoms with Gasteiger partial charge in [-0.2, -0.15) is 17.0 Å². The summed E-state index contributed by atoms with van der Waals surface area (Å²) in [6.07, 6.45) is 4.27. The zero-order chi connectivity index (χ0) is 11.0. The Morgan fingerprint density at radius 2 is 2.14 bits per heavy atom. The van der Waals surface area contributed by atoms with Crippen molar-refractivity contribution < 1.29 is 0 Å². The molecule has 0 aliphatic carbocycles. The monoisotopic (exact) mass is 214 g/mol. The molecule has 0 spiro atoms. The van der Waals surface area contributed by atoms with Gasteiger partial charge < -0.3 is 5.73 Å². The van der Waals surface area contributed by atoms with Crippen LogP contribution in [0.3, 0.4) is 0 Å². The summed E-state index contributed by atoms with van der Waals surface area (Å²) in [6, 6.07) is 2.12. The van der Waals surface area contributed by atoms with E-state index in [1.54, 1.807) is 6.92 Å². The van der Waals surface area contributed by atoms with Gasteiger partial charge in [-0.3, -0.25) is 0 Å². The lowest BCUT2D eigenvalue weighted by Crippen LogP contribution is -2.33. The Hall–Kier alpha value is -0.200. The normalized spacial score (nSPS) is 17.1. The van der Waals surface area contributed by atoms with Gasteiger partial charge in [0.2, 0.25) is 0 Å². The van der Waals surface area contributed by atoms with Crippen molar-refractivity contribution in [2.75, 3.05) is 5.75 Å². The van der Waals surface area contributed by atoms with Gasteiger partial charge in [-0.25, -0.2) is 0 Å². The van der Waals surface area contributed by atoms with Crippen molar-refractivity contribution in [1.29, 1.82) is 5.26 Å². The summed E-state index contributed by atoms with van der Waals surface area (Å²) in [5.74, 6) is 1.19. The molecule has 3 heteroatoms. The van der Waals surface area contributed by atoms with Crippen LogP contribution in [0.4, 0.5) is 0 Å². The van der Waals surface area contributed by atoms with Crippen molar-refractivity contribution in [3.05, 3.63) is 0 Å². The highest BCUT2D eigenvalue weighted by atomic mass is 32.2. The first-order chi connectivity index (χ1) is 6.52. The van der Waals surface area contributed by atoms with E-state index in [0.717, 1.165) is 18.1 Å². The van der Waals surface area contributed by atoms with Gasteiger partial charge in [-0.05, 0) is 38.4 Å². The highest BCUT2D eigenvalue weighted by molar-refractivity contribution is 7.99. The zero-order valence-corrected chi connectivity index (χ0v) is 10.4. The molecule has 0 heterocycles. The van der Waals surface area contributed by atoms with Crippen molar-refractivity contribution in [3.63, 3.8) is 0 Å². The van der Waals surface area contributed by atoms with E-state index in [0.29, 0.717) is 0 Å². The quantitative estimate of drug-likeness (QED) is 0.663. The average molecular weight is 214 g/mol. The molecule has 0 amide bonds. The second-order valence-electron chi connectivity index (χ2n) is 4.08. The van der Waals surface area contributed by atoms with Gasteiger partial charge >= 0.3 is 0 Å². The Morgan fingerprint density at radius 1 is 1.50 bits per heavy atom. The third-order valence-corrected chi connectivity index (χ3v) is 3.75. The minimum atomic E-state index is -0.624. The fourth-order valence-corrected chi connectivity index (χ4v) is 2.06. The van der Waals surface area contributed by atoms with E-state index in [9.17, 15) is 0 Å². The van der Waals surface area contributed by atoms with E-state index in [1.807, 2.05) is 11.8 Å². The summed E-state index contributed by atoms with van der Waals surface area (Å²) >= 11 is 2.01. The molecule has 2 N–H and O–H groups in total. The molecule has 0 rings (SSSR count). The minimum Gasteiger partial charge on any atom is -0.314 e. The number of thioether (sulfide) groups is 1. The van der Waals surface area contributed by atoms with E-state index in [2.05, 4.69) is 19.9 Å². The van der Waals surface area contributed by atoms with E-state index in [1.165, 1.54) is 18.6 Å². The van der Waals surface area contributed by atoms with Gasteiger partial charge in [-0.15, -0.1) is 0 Å². The molecule has 0 aromatic rings. The lowest BCUT2D eigenvalue weighted by molar-refractivity contribution is 0.518. The van der Waals surface area contributed by atoms with Crippen LogP contribution < -0.4 is 5.73 Å². The molecule has 0 aliphatic heterocycles. The molecule has 2 nitrogen and oxygen atoms in total. The second kappa shape index (κ2) is 7.14. The number of hydrogen-bond donors (Lipinski definition) is 1. The Labute approximate surface area is 92.2 Å². The number of nitrogens with two attached hydrogens (primary N) is 1. The van der Waals surface area contributed by atoms with Crippen molar-refractivity contribution in [1.82, 2.24) is 0 Å². The van der Waals surface area contributed by atoms with Gasteiger partial charge in [-0.1, -0.05) is 13.8 Å². The summed E-state index contributed by atoms with van der Waals surface area (Å²) in [6.45, 7) is 6.27. The molecule has 2 atom stereocenters. The standard InChI is InChI=1S/C11H22N2S/c1-4-10(2)14-8-6-5-7-11(3,13)9-12/h10H,4-8,13H2,1-3H3. The lowest BCUT2D eigenvalue weighted by Gasteiger charge is -2.14. The molecule has 0 aromatic heterocycles. The van der Waals surface area contributed by atoms with Crippen LogP contribution in [0, 0.1) is 11.3 Å². The predicted octanol–water partition coefficient (Wildman–Crippen LogP) is 2.93. The SMILES string of the molecule is CCC(C)SCCCCC(C)(N)C#N. The van der Waals surface area contributed by atoms with E-state index in [-0.39, 0.29) is 0 Å². The maximum absolute atomic E-state index is 8.70. The summed E-state index contributed by atoms with van der Waals surface area (Å²) in [5.41, 5.74) is 5.09. The first-order valence-corrected chi connectivity index (χ1v) is 6.38. The number of rotatable bonds is 7. The molecule has 2 unspecified atom stereocenters. The highest BCUT2D eigenvalue weighted by Gasteiger charge is 2.15. The third kappa shape index (κ3) is 7.23. The molecule has 82 valence electrons. The van der Waals surface area contributed by atoms with E-state index < -0.39 is 5.54 Å². The van der Waals surface area contributed by atoms with Gasteiger partial charge in [0, 0.05) is 5.25 Å². The molecular weight excluding hydrogens is 192 g/mol. The fraction of sp³-hybridized carbons (Fsp3) is 0.909. The van der Waals surface area contributed by atoms with Crippen LogP contribution in [0.5, 0.6) is 0 Å². The molecule has 0 aromatic carbocycles. The van der Waals surface area contributed by atoms with Gasteiger partial charge in [0.25, 0.3) is 0 Å². The van der Waals surface area contributed by atoms with Crippen LogP contribution in [-0.4, -0.2) is 16.5 Å². The zero-order valence-electron chi connectivity index (χ0n) is 9.55. The summed E-state index contributed by atoms with van der Waals surface area (Å²) in [4.78, 5) is 0. The smallest absolute Gasteiger partial charge is 0.101 e. The Morgan fingerprint density at radius 3 is 2.64 bits per heavy atom. The van der Waals surface area contributed by atoms with Crippen LogP contribution in [0.25, 0.3) is 0 Å². The minimum absolute atomic E-state index is 0.624. The van der Waals surface area contributed by atoms with Crippen LogP contribution >= 0.6 is 11.8 Å². The molecule has 0 radical (unpaired) electrons. The van der Waals surface area contributed by atoms with Crippen LogP contribution in [0.15, 0.2) is 0 Å². The van der Waals surface area contributed by atoms with Gasteiger partial charge in [0.15, 0.2) is 0 Å². The first kappa shape index (κ1) is 13.8. The first-order valence-electron chi connectivity index (χ1n) is 5.33. The molecular formula is C11H22N2S. The number of nitriles is 1. The fourth-order valence-electron chi connectivity index (χ4n) is 1.05. The number of unbranched alkanes of at least 4 members (excludes halogenated alkanes) is 1. The maximum Gasteiger partial charge on any atom is 0.101 e. The third-order valence-electron chi connectivity index (χ3n) is 2.32.